The van der Waals surface area contributed by atoms with Gasteiger partial charge in [-0.1, -0.05) is 11.6 Å². The summed E-state index contributed by atoms with van der Waals surface area (Å²) >= 11 is 5.74. The van der Waals surface area contributed by atoms with Crippen molar-refractivity contribution in [3.63, 3.8) is 0 Å². The molecule has 0 spiro atoms. The van der Waals surface area contributed by atoms with Crippen LogP contribution in [0.1, 0.15) is 30.1 Å². The maximum atomic E-state index is 12.1. The van der Waals surface area contributed by atoms with E-state index in [0.717, 1.165) is 0 Å². The number of pyridine rings is 1. The number of ketones is 2. The molecule has 104 valence electrons. The summed E-state index contributed by atoms with van der Waals surface area (Å²) in [6.07, 6.45) is 1.16. The van der Waals surface area contributed by atoms with E-state index in [4.69, 9.17) is 16.7 Å². The molecule has 0 fully saturated rings. The Morgan fingerprint density at radius 1 is 1.47 bits per heavy atom. The lowest BCUT2D eigenvalue weighted by atomic mass is 10.1. The third-order valence-corrected chi connectivity index (χ3v) is 4.02. The Balaban J connectivity index is 3.09. The maximum absolute atomic E-state index is 12.1. The molecule has 1 rings (SSSR count). The Bertz CT molecular complexity index is 600. The van der Waals surface area contributed by atoms with Crippen LogP contribution in [0.4, 0.5) is 0 Å². The molecular weight excluding hydrogens is 292 g/mol. The van der Waals surface area contributed by atoms with E-state index in [1.165, 1.54) is 25.3 Å². The summed E-state index contributed by atoms with van der Waals surface area (Å²) in [7, 11) is -4.11. The smallest absolute Gasteiger partial charge is 0.219 e. The predicted octanol–water partition coefficient (Wildman–Crippen LogP) is 0.944. The summed E-state index contributed by atoms with van der Waals surface area (Å²) in [5, 5.41) is 3.45. The van der Waals surface area contributed by atoms with Gasteiger partial charge in [0, 0.05) is 12.6 Å². The number of rotatable bonds is 6. The molecule has 6 nitrogen and oxygen atoms in total. The Hall–Kier alpha value is -1.31. The van der Waals surface area contributed by atoms with Gasteiger partial charge < -0.3 is 4.79 Å². The summed E-state index contributed by atoms with van der Waals surface area (Å²) < 4.78 is 22.9. The number of Topliss-reactive ketones (excluding diaryl/α,β-unsaturated/α-hetero) is 2. The van der Waals surface area contributed by atoms with Crippen molar-refractivity contribution >= 4 is 33.2 Å². The van der Waals surface area contributed by atoms with Gasteiger partial charge in [-0.3, -0.25) is 4.79 Å². The summed E-state index contributed by atoms with van der Waals surface area (Å²) in [5.74, 6) is -0.972. The van der Waals surface area contributed by atoms with Crippen LogP contribution < -0.4 is 5.14 Å². The van der Waals surface area contributed by atoms with Gasteiger partial charge >= 0.3 is 0 Å². The van der Waals surface area contributed by atoms with Crippen molar-refractivity contribution in [1.82, 2.24) is 4.98 Å². The summed E-state index contributed by atoms with van der Waals surface area (Å²) in [6, 6.07) is 2.83. The molecule has 0 aromatic carbocycles. The fraction of sp³-hybridized carbons (Fsp3) is 0.364. The molecule has 1 unspecified atom stereocenters. The SMILES string of the molecule is CC(=O)CCC(C(=O)c1cccnc1Cl)S(N)(=O)=O. The number of primary sulfonamides is 1. The molecule has 1 atom stereocenters. The number of hydrogen-bond donors (Lipinski definition) is 1. The lowest BCUT2D eigenvalue weighted by molar-refractivity contribution is -0.117. The van der Waals surface area contributed by atoms with Crippen LogP contribution in [0.2, 0.25) is 5.15 Å². The molecular formula is C11H13ClN2O4S. The highest BCUT2D eigenvalue weighted by atomic mass is 35.5. The van der Waals surface area contributed by atoms with E-state index in [0.29, 0.717) is 0 Å². The normalized spacial score (nSPS) is 13.0. The number of sulfonamides is 1. The van der Waals surface area contributed by atoms with Gasteiger partial charge in [0.15, 0.2) is 5.78 Å². The van der Waals surface area contributed by atoms with Crippen LogP contribution >= 0.6 is 11.6 Å². The number of nitrogens with zero attached hydrogens (tertiary/aromatic N) is 1. The first-order valence-electron chi connectivity index (χ1n) is 5.39. The van der Waals surface area contributed by atoms with E-state index in [9.17, 15) is 18.0 Å². The van der Waals surface area contributed by atoms with Gasteiger partial charge in [-0.2, -0.15) is 0 Å². The van der Waals surface area contributed by atoms with Crippen molar-refractivity contribution in [3.05, 3.63) is 29.0 Å². The highest BCUT2D eigenvalue weighted by Gasteiger charge is 2.31. The van der Waals surface area contributed by atoms with Crippen molar-refractivity contribution in [2.45, 2.75) is 25.0 Å². The fourth-order valence-corrected chi connectivity index (χ4v) is 2.61. The average Bonchev–Trinajstić information content (AvgIpc) is 2.27. The van der Waals surface area contributed by atoms with Crippen LogP contribution in [0.15, 0.2) is 18.3 Å². The average molecular weight is 305 g/mol. The lowest BCUT2D eigenvalue weighted by Gasteiger charge is -2.13. The van der Waals surface area contributed by atoms with Gasteiger partial charge in [-0.05, 0) is 25.5 Å². The molecule has 8 heteroatoms. The van der Waals surface area contributed by atoms with E-state index in [1.54, 1.807) is 0 Å². The maximum Gasteiger partial charge on any atom is 0.219 e. The zero-order valence-corrected chi connectivity index (χ0v) is 11.7. The molecule has 0 amide bonds. The minimum Gasteiger partial charge on any atom is -0.300 e. The van der Waals surface area contributed by atoms with E-state index in [2.05, 4.69) is 4.98 Å². The second kappa shape index (κ2) is 6.23. The molecule has 2 N–H and O–H groups in total. The summed E-state index contributed by atoms with van der Waals surface area (Å²) in [6.45, 7) is 1.31. The van der Waals surface area contributed by atoms with E-state index in [1.807, 2.05) is 0 Å². The highest BCUT2D eigenvalue weighted by Crippen LogP contribution is 2.19. The minimum absolute atomic E-state index is 0.0215. The third kappa shape index (κ3) is 4.38. The molecule has 0 radical (unpaired) electrons. The Morgan fingerprint density at radius 3 is 2.58 bits per heavy atom. The van der Waals surface area contributed by atoms with Crippen LogP contribution in [0.25, 0.3) is 0 Å². The third-order valence-electron chi connectivity index (χ3n) is 2.47. The Kier molecular flexibility index (Phi) is 5.16. The lowest BCUT2D eigenvalue weighted by Crippen LogP contribution is -2.36. The summed E-state index contributed by atoms with van der Waals surface area (Å²) in [5.41, 5.74) is -0.0215. The monoisotopic (exact) mass is 304 g/mol. The molecule has 0 bridgehead atoms. The quantitative estimate of drug-likeness (QED) is 0.621. The number of carbonyl (C=O) groups is 2. The number of hydrogen-bond acceptors (Lipinski definition) is 5. The topological polar surface area (TPSA) is 107 Å². The van der Waals surface area contributed by atoms with Crippen LogP contribution in [0.5, 0.6) is 0 Å². The van der Waals surface area contributed by atoms with Gasteiger partial charge in [0.1, 0.15) is 16.2 Å². The first-order chi connectivity index (χ1) is 8.73. The molecule has 0 saturated carbocycles. The molecule has 19 heavy (non-hydrogen) atoms. The van der Waals surface area contributed by atoms with Gasteiger partial charge in [0.05, 0.1) is 5.56 Å². The van der Waals surface area contributed by atoms with Crippen molar-refractivity contribution in [1.29, 1.82) is 0 Å². The van der Waals surface area contributed by atoms with E-state index < -0.39 is 21.1 Å². The standard InChI is InChI=1S/C11H13ClN2O4S/c1-7(15)4-5-9(19(13,17)18)10(16)8-3-2-6-14-11(8)12/h2-3,6,9H,4-5H2,1H3,(H2,13,17,18). The molecule has 1 heterocycles. The molecule has 0 aliphatic heterocycles. The van der Waals surface area contributed by atoms with Gasteiger partial charge in [0.25, 0.3) is 0 Å². The number of nitrogens with two attached hydrogens (primary N) is 1. The largest absolute Gasteiger partial charge is 0.300 e. The number of carbonyl (C=O) groups excluding carboxylic acids is 2. The second-order valence-corrected chi connectivity index (χ2v) is 6.13. The van der Waals surface area contributed by atoms with Crippen LogP contribution in [0, 0.1) is 0 Å². The van der Waals surface area contributed by atoms with Crippen LogP contribution in [-0.4, -0.2) is 30.2 Å². The molecule has 1 aromatic heterocycles. The minimum atomic E-state index is -4.11. The van der Waals surface area contributed by atoms with E-state index in [-0.39, 0.29) is 29.3 Å². The second-order valence-electron chi connectivity index (χ2n) is 4.02. The van der Waals surface area contributed by atoms with Crippen LogP contribution in [0.3, 0.4) is 0 Å². The van der Waals surface area contributed by atoms with Crippen LogP contribution in [-0.2, 0) is 14.8 Å². The van der Waals surface area contributed by atoms with Crippen molar-refractivity contribution in [2.75, 3.05) is 0 Å². The molecule has 0 saturated heterocycles. The fourth-order valence-electron chi connectivity index (χ4n) is 1.52. The Morgan fingerprint density at radius 2 is 2.11 bits per heavy atom. The predicted molar refractivity (Wildman–Crippen MR) is 70.4 cm³/mol. The first kappa shape index (κ1) is 15.7. The zero-order valence-electron chi connectivity index (χ0n) is 10.2. The molecule has 1 aromatic rings. The van der Waals surface area contributed by atoms with E-state index >= 15 is 0 Å². The van der Waals surface area contributed by atoms with Gasteiger partial charge in [0.2, 0.25) is 10.0 Å². The number of halogens is 1. The van der Waals surface area contributed by atoms with Crippen molar-refractivity contribution in [2.24, 2.45) is 5.14 Å². The number of aromatic nitrogens is 1. The van der Waals surface area contributed by atoms with Gasteiger partial charge in [-0.15, -0.1) is 0 Å². The van der Waals surface area contributed by atoms with Crippen molar-refractivity contribution < 1.29 is 18.0 Å². The van der Waals surface area contributed by atoms with Gasteiger partial charge in [-0.25, -0.2) is 18.5 Å². The zero-order chi connectivity index (χ0) is 14.6. The highest BCUT2D eigenvalue weighted by molar-refractivity contribution is 7.90. The molecule has 0 aliphatic rings. The Labute approximate surface area is 116 Å². The van der Waals surface area contributed by atoms with Crippen molar-refractivity contribution in [3.8, 4) is 0 Å². The summed E-state index contributed by atoms with van der Waals surface area (Å²) in [4.78, 5) is 26.7. The first-order valence-corrected chi connectivity index (χ1v) is 7.38. The molecule has 0 aliphatic carbocycles.